The predicted molar refractivity (Wildman–Crippen MR) is 130 cm³/mol. The van der Waals surface area contributed by atoms with Crippen LogP contribution in [0.1, 0.15) is 17.4 Å². The number of benzene rings is 3. The lowest BCUT2D eigenvalue weighted by molar-refractivity contribution is -0.384. The number of hydrogen-bond acceptors (Lipinski definition) is 7. The lowest BCUT2D eigenvalue weighted by Crippen LogP contribution is -2.29. The molecule has 9 heteroatoms. The van der Waals surface area contributed by atoms with Crippen LogP contribution in [0.25, 0.3) is 5.76 Å². The molecule has 1 fully saturated rings. The van der Waals surface area contributed by atoms with Crippen LogP contribution in [0.5, 0.6) is 11.5 Å². The zero-order chi connectivity index (χ0) is 25.2. The number of Topliss-reactive ketones (excluding diaryl/α,β-unsaturated/α-hetero) is 1. The summed E-state index contributed by atoms with van der Waals surface area (Å²) in [5.74, 6) is -0.779. The van der Waals surface area contributed by atoms with Crippen molar-refractivity contribution in [2.24, 2.45) is 0 Å². The maximum atomic E-state index is 13.1. The summed E-state index contributed by atoms with van der Waals surface area (Å²) in [5.41, 5.74) is 0.184. The highest BCUT2D eigenvalue weighted by Crippen LogP contribution is 2.42. The van der Waals surface area contributed by atoms with Gasteiger partial charge in [-0.05, 0) is 60.7 Å². The lowest BCUT2D eigenvalue weighted by Gasteiger charge is -2.23. The molecule has 0 saturated carbocycles. The van der Waals surface area contributed by atoms with Crippen molar-refractivity contribution in [3.63, 3.8) is 0 Å². The molecule has 1 N–H and O–H groups in total. The summed E-state index contributed by atoms with van der Waals surface area (Å²) in [7, 11) is 0. The Kier molecular flexibility index (Phi) is 5.79. The fourth-order valence-electron chi connectivity index (χ4n) is 4.01. The maximum absolute atomic E-state index is 13.1. The van der Waals surface area contributed by atoms with Crippen LogP contribution in [0.2, 0.25) is 0 Å². The summed E-state index contributed by atoms with van der Waals surface area (Å²) < 4.78 is 11.3. The minimum atomic E-state index is -1.05. The first kappa shape index (κ1) is 22.6. The number of aliphatic hydroxyl groups excluding tert-OH is 1. The highest BCUT2D eigenvalue weighted by atomic mass is 16.6. The third-order valence-electron chi connectivity index (χ3n) is 5.70. The second kappa shape index (κ2) is 9.22. The zero-order valence-corrected chi connectivity index (χ0v) is 18.6. The van der Waals surface area contributed by atoms with Crippen LogP contribution in [0.3, 0.4) is 0 Å². The van der Waals surface area contributed by atoms with Gasteiger partial charge in [0.15, 0.2) is 0 Å². The van der Waals surface area contributed by atoms with E-state index in [1.807, 2.05) is 30.3 Å². The SMILES string of the molecule is O=C1C(=O)N(c2ccc(Oc3ccccc3)cc2)C(c2ccco2)/C1=C(/O)c1ccc([N+](=O)[O-])cc1. The summed E-state index contributed by atoms with van der Waals surface area (Å²) >= 11 is 0. The minimum absolute atomic E-state index is 0.154. The Morgan fingerprint density at radius 1 is 0.889 bits per heavy atom. The third-order valence-corrected chi connectivity index (χ3v) is 5.70. The summed E-state index contributed by atoms with van der Waals surface area (Å²) in [6, 6.07) is 23.0. The average Bonchev–Trinajstić information content (AvgIpc) is 3.52. The van der Waals surface area contributed by atoms with E-state index in [0.29, 0.717) is 17.2 Å². The van der Waals surface area contributed by atoms with Crippen molar-refractivity contribution < 1.29 is 28.8 Å². The van der Waals surface area contributed by atoms with Gasteiger partial charge in [0.2, 0.25) is 0 Å². The van der Waals surface area contributed by atoms with E-state index in [1.165, 1.54) is 35.4 Å². The maximum Gasteiger partial charge on any atom is 0.300 e. The van der Waals surface area contributed by atoms with Gasteiger partial charge in [-0.25, -0.2) is 0 Å². The number of anilines is 1. The molecule has 1 saturated heterocycles. The summed E-state index contributed by atoms with van der Waals surface area (Å²) in [6.07, 6.45) is 1.40. The Morgan fingerprint density at radius 3 is 2.17 bits per heavy atom. The third kappa shape index (κ3) is 4.09. The van der Waals surface area contributed by atoms with Crippen LogP contribution >= 0.6 is 0 Å². The molecular weight excluding hydrogens is 464 g/mol. The number of ketones is 1. The van der Waals surface area contributed by atoms with Gasteiger partial charge in [0.25, 0.3) is 17.4 Å². The van der Waals surface area contributed by atoms with Gasteiger partial charge in [0.1, 0.15) is 29.1 Å². The Balaban J connectivity index is 1.54. The molecule has 0 radical (unpaired) electrons. The molecule has 3 aromatic carbocycles. The van der Waals surface area contributed by atoms with Crippen molar-refractivity contribution >= 4 is 28.8 Å². The van der Waals surface area contributed by atoms with E-state index in [-0.39, 0.29) is 22.6 Å². The van der Waals surface area contributed by atoms with Gasteiger partial charge >= 0.3 is 0 Å². The fourth-order valence-corrected chi connectivity index (χ4v) is 4.01. The van der Waals surface area contributed by atoms with Gasteiger partial charge in [-0.2, -0.15) is 0 Å². The molecule has 0 bridgehead atoms. The number of carbonyl (C=O) groups is 2. The molecule has 1 aliphatic rings. The van der Waals surface area contributed by atoms with Crippen LogP contribution in [0, 0.1) is 10.1 Å². The number of ether oxygens (including phenoxy) is 1. The van der Waals surface area contributed by atoms with E-state index in [2.05, 4.69) is 0 Å². The standard InChI is InChI=1S/C27H18N2O7/c30-25(17-8-10-19(11-9-17)29(33)34)23-24(22-7-4-16-35-22)28(27(32)26(23)31)18-12-14-21(15-13-18)36-20-5-2-1-3-6-20/h1-16,24,30H/b25-23-. The van der Waals surface area contributed by atoms with Crippen molar-refractivity contribution in [3.05, 3.63) is 124 Å². The molecule has 0 spiro atoms. The second-order valence-corrected chi connectivity index (χ2v) is 7.90. The van der Waals surface area contributed by atoms with Crippen LogP contribution in [0.4, 0.5) is 11.4 Å². The average molecular weight is 482 g/mol. The Morgan fingerprint density at radius 2 is 1.56 bits per heavy atom. The number of para-hydroxylation sites is 1. The van der Waals surface area contributed by atoms with Crippen LogP contribution in [-0.4, -0.2) is 21.7 Å². The van der Waals surface area contributed by atoms with Crippen LogP contribution in [0.15, 0.2) is 107 Å². The molecule has 5 rings (SSSR count). The number of hydrogen-bond donors (Lipinski definition) is 1. The van der Waals surface area contributed by atoms with Crippen molar-refractivity contribution in [2.45, 2.75) is 6.04 Å². The van der Waals surface area contributed by atoms with Crippen LogP contribution in [-0.2, 0) is 9.59 Å². The quantitative estimate of drug-likeness (QED) is 0.125. The largest absolute Gasteiger partial charge is 0.507 e. The molecule has 2 heterocycles. The van der Waals surface area contributed by atoms with E-state index in [4.69, 9.17) is 9.15 Å². The molecule has 36 heavy (non-hydrogen) atoms. The van der Waals surface area contributed by atoms with Crippen molar-refractivity contribution in [2.75, 3.05) is 4.90 Å². The Labute approximate surface area is 204 Å². The van der Waals surface area contributed by atoms with Gasteiger partial charge in [-0.3, -0.25) is 24.6 Å². The molecule has 1 unspecified atom stereocenters. The molecule has 0 aliphatic carbocycles. The first-order valence-electron chi connectivity index (χ1n) is 10.9. The van der Waals surface area contributed by atoms with E-state index in [1.54, 1.807) is 36.4 Å². The van der Waals surface area contributed by atoms with Crippen molar-refractivity contribution in [3.8, 4) is 11.5 Å². The zero-order valence-electron chi connectivity index (χ0n) is 18.6. The summed E-state index contributed by atoms with van der Waals surface area (Å²) in [4.78, 5) is 37.9. The molecule has 1 aliphatic heterocycles. The topological polar surface area (TPSA) is 123 Å². The number of non-ortho nitro benzene ring substituents is 1. The predicted octanol–water partition coefficient (Wildman–Crippen LogP) is 5.61. The van der Waals surface area contributed by atoms with Gasteiger partial charge in [0.05, 0.1) is 16.8 Å². The monoisotopic (exact) mass is 482 g/mol. The number of nitro groups is 1. The van der Waals surface area contributed by atoms with Gasteiger partial charge in [0, 0.05) is 23.4 Å². The Bertz CT molecular complexity index is 1460. The highest BCUT2D eigenvalue weighted by molar-refractivity contribution is 6.51. The van der Waals surface area contributed by atoms with Gasteiger partial charge in [-0.15, -0.1) is 0 Å². The molecule has 4 aromatic rings. The normalized spacial score (nSPS) is 16.8. The molecule has 1 aromatic heterocycles. The number of nitro benzene ring substituents is 1. The number of rotatable bonds is 6. The smallest absolute Gasteiger partial charge is 0.300 e. The first-order chi connectivity index (χ1) is 17.4. The van der Waals surface area contributed by atoms with E-state index >= 15 is 0 Å². The number of furan rings is 1. The molecule has 178 valence electrons. The van der Waals surface area contributed by atoms with E-state index in [0.717, 1.165) is 0 Å². The molecular formula is C27H18N2O7. The minimum Gasteiger partial charge on any atom is -0.507 e. The van der Waals surface area contributed by atoms with Gasteiger partial charge < -0.3 is 14.3 Å². The van der Waals surface area contributed by atoms with Crippen molar-refractivity contribution in [1.29, 1.82) is 0 Å². The number of carbonyl (C=O) groups excluding carboxylic acids is 2. The number of nitrogens with zero attached hydrogens (tertiary/aromatic N) is 2. The fraction of sp³-hybridized carbons (Fsp3) is 0.0370. The molecule has 1 amide bonds. The second-order valence-electron chi connectivity index (χ2n) is 7.90. The highest BCUT2D eigenvalue weighted by Gasteiger charge is 2.48. The summed E-state index contributed by atoms with van der Waals surface area (Å²) in [5, 5.41) is 22.0. The van der Waals surface area contributed by atoms with Gasteiger partial charge in [-0.1, -0.05) is 18.2 Å². The first-order valence-corrected chi connectivity index (χ1v) is 10.9. The summed E-state index contributed by atoms with van der Waals surface area (Å²) in [6.45, 7) is 0. The number of amides is 1. The van der Waals surface area contributed by atoms with Crippen molar-refractivity contribution in [1.82, 2.24) is 0 Å². The van der Waals surface area contributed by atoms with E-state index in [9.17, 15) is 24.8 Å². The Hall–Kier alpha value is -5.18. The lowest BCUT2D eigenvalue weighted by atomic mass is 9.99. The van der Waals surface area contributed by atoms with E-state index < -0.39 is 28.4 Å². The molecule has 9 nitrogen and oxygen atoms in total. The molecule has 1 atom stereocenters. The number of aliphatic hydroxyl groups is 1. The van der Waals surface area contributed by atoms with Crippen LogP contribution < -0.4 is 9.64 Å².